The second-order valence-corrected chi connectivity index (χ2v) is 8.07. The summed E-state index contributed by atoms with van der Waals surface area (Å²) in [4.78, 5) is 19.8. The van der Waals surface area contributed by atoms with Gasteiger partial charge in [-0.15, -0.1) is 0 Å². The highest BCUT2D eigenvalue weighted by atomic mass is 19.1. The van der Waals surface area contributed by atoms with Crippen LogP contribution >= 0.6 is 0 Å². The lowest BCUT2D eigenvalue weighted by Crippen LogP contribution is -2.30. The highest BCUT2D eigenvalue weighted by Crippen LogP contribution is 2.30. The molecule has 0 amide bonds. The molecule has 2 N–H and O–H groups in total. The normalized spacial score (nSPS) is 17.7. The lowest BCUT2D eigenvalue weighted by atomic mass is 10.0. The van der Waals surface area contributed by atoms with Crippen molar-refractivity contribution in [1.29, 1.82) is 0 Å². The number of aliphatic carboxylic acids is 1. The lowest BCUT2D eigenvalue weighted by molar-refractivity contribution is -0.141. The summed E-state index contributed by atoms with van der Waals surface area (Å²) < 4.78 is 35.2. The Bertz CT molecular complexity index is 1320. The Morgan fingerprint density at radius 1 is 1.18 bits per heavy atom. The van der Waals surface area contributed by atoms with E-state index >= 15 is 0 Å². The molecule has 1 fully saturated rings. The molecule has 5 rings (SSSR count). The number of halogens is 2. The van der Waals surface area contributed by atoms with Crippen LogP contribution in [0.4, 0.5) is 14.6 Å². The lowest BCUT2D eigenvalue weighted by Gasteiger charge is -2.18. The summed E-state index contributed by atoms with van der Waals surface area (Å²) in [6.45, 7) is 0.115. The van der Waals surface area contributed by atoms with Gasteiger partial charge in [0.2, 0.25) is 0 Å². The zero-order chi connectivity index (χ0) is 23.7. The topological polar surface area (TPSA) is 119 Å². The van der Waals surface area contributed by atoms with Crippen molar-refractivity contribution in [2.75, 3.05) is 5.32 Å². The van der Waals surface area contributed by atoms with Crippen LogP contribution in [0.1, 0.15) is 24.8 Å². The van der Waals surface area contributed by atoms with Crippen molar-refractivity contribution < 1.29 is 23.2 Å². The third-order valence-electron chi connectivity index (χ3n) is 5.89. The number of hydrogen-bond donors (Lipinski definition) is 2. The molecule has 0 bridgehead atoms. The first kappa shape index (κ1) is 21.7. The van der Waals surface area contributed by atoms with Crippen LogP contribution in [0.3, 0.4) is 0 Å². The first-order chi connectivity index (χ1) is 16.5. The third-order valence-corrected chi connectivity index (χ3v) is 5.89. The van der Waals surface area contributed by atoms with Gasteiger partial charge in [-0.1, -0.05) is 29.8 Å². The van der Waals surface area contributed by atoms with Crippen LogP contribution in [0, 0.1) is 17.6 Å². The van der Waals surface area contributed by atoms with E-state index in [0.717, 1.165) is 12.6 Å². The van der Waals surface area contributed by atoms with Gasteiger partial charge in [0.05, 0.1) is 24.4 Å². The maximum absolute atomic E-state index is 14.5. The van der Waals surface area contributed by atoms with Crippen LogP contribution in [0.15, 0.2) is 53.4 Å². The number of carbonyl (C=O) groups is 1. The van der Waals surface area contributed by atoms with Gasteiger partial charge in [-0.2, -0.15) is 5.10 Å². The molecule has 1 aliphatic carbocycles. The molecule has 174 valence electrons. The molecule has 0 spiro atoms. The van der Waals surface area contributed by atoms with E-state index in [4.69, 9.17) is 4.52 Å². The van der Waals surface area contributed by atoms with Crippen molar-refractivity contribution in [2.24, 2.45) is 5.92 Å². The maximum Gasteiger partial charge on any atom is 0.308 e. The summed E-state index contributed by atoms with van der Waals surface area (Å²) >= 11 is 0. The second-order valence-electron chi connectivity index (χ2n) is 8.07. The summed E-state index contributed by atoms with van der Waals surface area (Å²) in [5, 5.41) is 20.8. The molecule has 1 aliphatic rings. The van der Waals surface area contributed by atoms with Crippen molar-refractivity contribution in [1.82, 2.24) is 24.9 Å². The number of rotatable bonds is 7. The molecule has 0 aliphatic heterocycles. The quantitative estimate of drug-likeness (QED) is 0.420. The van der Waals surface area contributed by atoms with Gasteiger partial charge in [0.25, 0.3) is 0 Å². The van der Waals surface area contributed by atoms with Crippen LogP contribution in [-0.4, -0.2) is 42.0 Å². The minimum Gasteiger partial charge on any atom is -0.481 e. The van der Waals surface area contributed by atoms with Gasteiger partial charge >= 0.3 is 5.97 Å². The van der Waals surface area contributed by atoms with Crippen LogP contribution in [-0.2, 0) is 11.3 Å². The predicted octanol–water partition coefficient (Wildman–Crippen LogP) is 3.99. The fourth-order valence-electron chi connectivity index (χ4n) is 4.18. The van der Waals surface area contributed by atoms with E-state index in [1.807, 2.05) is 0 Å². The Morgan fingerprint density at radius 3 is 2.79 bits per heavy atom. The molecular formula is C23H20F2N6O3. The smallest absolute Gasteiger partial charge is 0.308 e. The van der Waals surface area contributed by atoms with Gasteiger partial charge in [0, 0.05) is 17.7 Å². The van der Waals surface area contributed by atoms with Crippen LogP contribution in [0.25, 0.3) is 22.9 Å². The molecule has 1 saturated carbocycles. The Hall–Kier alpha value is -4.15. The fourth-order valence-corrected chi connectivity index (χ4v) is 4.18. The molecule has 2 atom stereocenters. The van der Waals surface area contributed by atoms with Gasteiger partial charge in [-0.25, -0.2) is 18.7 Å². The van der Waals surface area contributed by atoms with Gasteiger partial charge in [0.1, 0.15) is 23.5 Å². The summed E-state index contributed by atoms with van der Waals surface area (Å²) in [6.07, 6.45) is 4.28. The first-order valence-electron chi connectivity index (χ1n) is 10.7. The maximum atomic E-state index is 14.5. The number of nitrogens with zero attached hydrogens (tertiary/aromatic N) is 5. The van der Waals surface area contributed by atoms with E-state index < -0.39 is 23.7 Å². The highest BCUT2D eigenvalue weighted by molar-refractivity contribution is 5.72. The minimum atomic E-state index is -0.922. The zero-order valence-electron chi connectivity index (χ0n) is 17.9. The number of nitrogens with one attached hydrogen (secondary N) is 1. The monoisotopic (exact) mass is 466 g/mol. The Labute approximate surface area is 192 Å². The number of carboxylic acids is 1. The Morgan fingerprint density at radius 2 is 2.03 bits per heavy atom. The Kier molecular flexibility index (Phi) is 5.74. The molecule has 3 heterocycles. The number of aromatic nitrogens is 5. The van der Waals surface area contributed by atoms with Crippen LogP contribution < -0.4 is 5.32 Å². The number of carboxylic acid groups (broad SMARTS) is 1. The fraction of sp³-hybridized carbons (Fsp3) is 0.261. The average molecular weight is 466 g/mol. The Balaban J connectivity index is 1.49. The number of benzene rings is 1. The van der Waals surface area contributed by atoms with Crippen molar-refractivity contribution in [3.8, 4) is 22.9 Å². The SMILES string of the molecule is O=C(O)[C@H]1CCCC1Nc1nc(-c2cc(-c3ccon3)n(Cc3ccccc3F)n2)ncc1F. The number of hydrogen-bond acceptors (Lipinski definition) is 7. The first-order valence-corrected chi connectivity index (χ1v) is 10.7. The van der Waals surface area contributed by atoms with Gasteiger partial charge in [-0.3, -0.25) is 9.48 Å². The van der Waals surface area contributed by atoms with E-state index in [-0.39, 0.29) is 24.0 Å². The number of anilines is 1. The van der Waals surface area contributed by atoms with Gasteiger partial charge < -0.3 is 14.9 Å². The molecule has 11 heteroatoms. The average Bonchev–Trinajstić information content (AvgIpc) is 3.57. The van der Waals surface area contributed by atoms with E-state index in [1.165, 1.54) is 12.3 Å². The summed E-state index contributed by atoms with van der Waals surface area (Å²) in [5.41, 5.74) is 1.76. The van der Waals surface area contributed by atoms with Crippen LogP contribution in [0.5, 0.6) is 0 Å². The van der Waals surface area contributed by atoms with Crippen molar-refractivity contribution in [3.63, 3.8) is 0 Å². The second kappa shape index (κ2) is 9.00. The molecule has 4 aromatic rings. The molecule has 9 nitrogen and oxygen atoms in total. The summed E-state index contributed by atoms with van der Waals surface area (Å²) in [5.74, 6) is -2.56. The van der Waals surface area contributed by atoms with E-state index in [2.05, 4.69) is 25.5 Å². The molecule has 0 saturated heterocycles. The minimum absolute atomic E-state index is 0.0882. The van der Waals surface area contributed by atoms with Crippen molar-refractivity contribution in [3.05, 3.63) is 66.1 Å². The summed E-state index contributed by atoms with van der Waals surface area (Å²) in [6, 6.07) is 9.22. The van der Waals surface area contributed by atoms with Gasteiger partial charge in [-0.05, 0) is 25.0 Å². The van der Waals surface area contributed by atoms with Crippen LogP contribution in [0.2, 0.25) is 0 Å². The molecule has 34 heavy (non-hydrogen) atoms. The van der Waals surface area contributed by atoms with Gasteiger partial charge in [0.15, 0.2) is 17.5 Å². The van der Waals surface area contributed by atoms with E-state index in [9.17, 15) is 18.7 Å². The molecule has 1 unspecified atom stereocenters. The zero-order valence-corrected chi connectivity index (χ0v) is 17.9. The third kappa shape index (κ3) is 4.24. The van der Waals surface area contributed by atoms with Crippen molar-refractivity contribution >= 4 is 11.8 Å². The predicted molar refractivity (Wildman–Crippen MR) is 117 cm³/mol. The standard InChI is InChI=1S/C23H20F2N6O3/c24-15-6-2-1-4-13(15)12-31-20(18-8-9-34-30-18)10-19(29-31)22-26-11-16(25)21(28-22)27-17-7-3-5-14(17)23(32)33/h1-2,4,6,8-11,14,17H,3,5,7,12H2,(H,32,33)(H,26,27,28)/t14-,17?/m0/s1. The molecule has 3 aromatic heterocycles. The molecule has 0 radical (unpaired) electrons. The molecular weight excluding hydrogens is 446 g/mol. The summed E-state index contributed by atoms with van der Waals surface area (Å²) in [7, 11) is 0. The largest absolute Gasteiger partial charge is 0.481 e. The highest BCUT2D eigenvalue weighted by Gasteiger charge is 2.33. The van der Waals surface area contributed by atoms with Crippen molar-refractivity contribution in [2.45, 2.75) is 31.8 Å². The van der Waals surface area contributed by atoms with E-state index in [0.29, 0.717) is 35.5 Å². The van der Waals surface area contributed by atoms with E-state index in [1.54, 1.807) is 35.0 Å². The molecule has 1 aromatic carbocycles.